The van der Waals surface area contributed by atoms with Gasteiger partial charge >= 0.3 is 0 Å². The largest absolute Gasteiger partial charge is 0.396 e. The molecule has 0 aromatic carbocycles. The first-order chi connectivity index (χ1) is 10.1. The highest BCUT2D eigenvalue weighted by atomic mass is 32.2. The molecule has 0 radical (unpaired) electrons. The molecule has 3 heterocycles. The van der Waals surface area contributed by atoms with Crippen molar-refractivity contribution in [3.63, 3.8) is 0 Å². The zero-order valence-electron chi connectivity index (χ0n) is 11.3. The molecule has 1 unspecified atom stereocenters. The van der Waals surface area contributed by atoms with Crippen molar-refractivity contribution in [1.29, 1.82) is 0 Å². The van der Waals surface area contributed by atoms with Gasteiger partial charge in [-0.15, -0.1) is 11.3 Å². The normalized spacial score (nSPS) is 20.4. The molecular weight excluding hydrogens is 314 g/mol. The number of anilines is 1. The predicted molar refractivity (Wildman–Crippen MR) is 79.4 cm³/mol. The molecule has 1 atom stereocenters. The fourth-order valence-corrected chi connectivity index (χ4v) is 5.18. The number of rotatable bonds is 5. The molecule has 1 saturated heterocycles. The molecule has 4 N–H and O–H groups in total. The lowest BCUT2D eigenvalue weighted by molar-refractivity contribution is 0.259. The monoisotopic (exact) mass is 331 g/mol. The number of nitrogens with zero attached hydrogens (tertiary/aromatic N) is 3. The van der Waals surface area contributed by atoms with E-state index in [1.165, 1.54) is 20.0 Å². The van der Waals surface area contributed by atoms with Crippen LogP contribution in [0.5, 0.6) is 0 Å². The fourth-order valence-electron chi connectivity index (χ4n) is 2.66. The van der Waals surface area contributed by atoms with Crippen LogP contribution in [0.2, 0.25) is 0 Å². The summed E-state index contributed by atoms with van der Waals surface area (Å²) in [7, 11) is -3.67. The van der Waals surface area contributed by atoms with Crippen LogP contribution in [0.15, 0.2) is 16.6 Å². The van der Waals surface area contributed by atoms with Gasteiger partial charge in [-0.3, -0.25) is 4.40 Å². The van der Waals surface area contributed by atoms with Crippen LogP contribution in [-0.4, -0.2) is 46.9 Å². The van der Waals surface area contributed by atoms with Gasteiger partial charge in [0.05, 0.1) is 0 Å². The van der Waals surface area contributed by atoms with E-state index in [0.29, 0.717) is 24.5 Å². The topological polar surface area (TPSA) is 113 Å². The molecule has 3 rings (SSSR count). The molecule has 2 aromatic heterocycles. The van der Waals surface area contributed by atoms with E-state index in [-0.39, 0.29) is 23.4 Å². The maximum Gasteiger partial charge on any atom is 0.262 e. The van der Waals surface area contributed by atoms with Gasteiger partial charge in [-0.2, -0.15) is 9.29 Å². The summed E-state index contributed by atoms with van der Waals surface area (Å²) in [5.74, 6) is 5.77. The number of hydrogen-bond acceptors (Lipinski definition) is 7. The number of hydrazine groups is 1. The van der Waals surface area contributed by atoms with E-state index >= 15 is 0 Å². The van der Waals surface area contributed by atoms with Gasteiger partial charge in [0.15, 0.2) is 10.8 Å². The average molecular weight is 331 g/mol. The van der Waals surface area contributed by atoms with E-state index in [1.807, 2.05) is 0 Å². The minimum absolute atomic E-state index is 0.0749. The van der Waals surface area contributed by atoms with Crippen molar-refractivity contribution < 1.29 is 13.5 Å². The second kappa shape index (κ2) is 5.54. The minimum atomic E-state index is -3.67. The summed E-state index contributed by atoms with van der Waals surface area (Å²) < 4.78 is 28.7. The number of thiazole rings is 1. The summed E-state index contributed by atoms with van der Waals surface area (Å²) in [4.78, 5) is 4.76. The molecule has 1 aliphatic rings. The Labute approximate surface area is 126 Å². The lowest BCUT2D eigenvalue weighted by Crippen LogP contribution is -2.30. The molecule has 10 heteroatoms. The van der Waals surface area contributed by atoms with Crippen molar-refractivity contribution >= 4 is 32.1 Å². The van der Waals surface area contributed by atoms with Crippen molar-refractivity contribution in [3.8, 4) is 0 Å². The minimum Gasteiger partial charge on any atom is -0.396 e. The van der Waals surface area contributed by atoms with Crippen LogP contribution in [-0.2, 0) is 10.0 Å². The lowest BCUT2D eigenvalue weighted by Gasteiger charge is -2.16. The zero-order valence-corrected chi connectivity index (χ0v) is 12.9. The van der Waals surface area contributed by atoms with Crippen molar-refractivity contribution in [3.05, 3.63) is 11.6 Å². The quantitative estimate of drug-likeness (QED) is 0.528. The third-order valence-corrected chi connectivity index (χ3v) is 6.37. The third kappa shape index (κ3) is 2.42. The van der Waals surface area contributed by atoms with Gasteiger partial charge < -0.3 is 10.5 Å². The number of imidazole rings is 1. The van der Waals surface area contributed by atoms with Crippen LogP contribution < -0.4 is 11.3 Å². The van der Waals surface area contributed by atoms with E-state index < -0.39 is 10.0 Å². The first-order valence-corrected chi connectivity index (χ1v) is 8.93. The Hall–Kier alpha value is -1.20. The van der Waals surface area contributed by atoms with E-state index in [2.05, 4.69) is 10.4 Å². The number of sulfonamides is 1. The number of nitrogens with two attached hydrogens (primary N) is 1. The highest BCUT2D eigenvalue weighted by Crippen LogP contribution is 2.31. The zero-order chi connectivity index (χ0) is 15.0. The van der Waals surface area contributed by atoms with E-state index in [4.69, 9.17) is 10.9 Å². The van der Waals surface area contributed by atoms with E-state index in [1.54, 1.807) is 11.6 Å². The fraction of sp³-hybridized carbons (Fsp3) is 0.545. The van der Waals surface area contributed by atoms with Gasteiger partial charge in [0.1, 0.15) is 0 Å². The second-order valence-corrected chi connectivity index (χ2v) is 7.72. The van der Waals surface area contributed by atoms with Crippen molar-refractivity contribution in [2.45, 2.75) is 17.9 Å². The summed E-state index contributed by atoms with van der Waals surface area (Å²) in [5, 5.41) is 10.8. The molecule has 21 heavy (non-hydrogen) atoms. The highest BCUT2D eigenvalue weighted by molar-refractivity contribution is 7.89. The Balaban J connectivity index is 1.99. The summed E-state index contributed by atoms with van der Waals surface area (Å²) >= 11 is 1.35. The number of aliphatic hydroxyl groups is 1. The maximum atomic E-state index is 12.8. The first-order valence-electron chi connectivity index (χ1n) is 6.61. The van der Waals surface area contributed by atoms with Crippen LogP contribution in [0.3, 0.4) is 0 Å². The lowest BCUT2D eigenvalue weighted by atomic mass is 10.1. The van der Waals surface area contributed by atoms with Gasteiger partial charge in [-0.1, -0.05) is 0 Å². The number of hydrogen-bond donors (Lipinski definition) is 3. The van der Waals surface area contributed by atoms with Gasteiger partial charge in [0.2, 0.25) is 5.03 Å². The van der Waals surface area contributed by atoms with Crippen LogP contribution in [0.1, 0.15) is 12.8 Å². The van der Waals surface area contributed by atoms with Crippen molar-refractivity contribution in [2.24, 2.45) is 11.8 Å². The standard InChI is InChI=1S/C11H17N5O3S2/c12-14-9-10(16-4-6-20-11(16)13-9)21(18,19)15-3-1-8(7-15)2-5-17/h4,6,8,14,17H,1-3,5,7,12H2. The van der Waals surface area contributed by atoms with Crippen molar-refractivity contribution in [2.75, 3.05) is 25.1 Å². The molecule has 0 bridgehead atoms. The average Bonchev–Trinajstić information content (AvgIpc) is 3.12. The molecule has 116 valence electrons. The van der Waals surface area contributed by atoms with Gasteiger partial charge in [0, 0.05) is 31.3 Å². The third-order valence-electron chi connectivity index (χ3n) is 3.73. The number of fused-ring (bicyclic) bond motifs is 1. The second-order valence-electron chi connectivity index (χ2n) is 5.00. The van der Waals surface area contributed by atoms with Gasteiger partial charge in [-0.25, -0.2) is 14.3 Å². The highest BCUT2D eigenvalue weighted by Gasteiger charge is 2.36. The SMILES string of the molecule is NNc1nc2sccn2c1S(=O)(=O)N1CCC(CCO)C1. The first kappa shape index (κ1) is 14.7. The van der Waals surface area contributed by atoms with E-state index in [9.17, 15) is 8.42 Å². The van der Waals surface area contributed by atoms with Crippen LogP contribution in [0, 0.1) is 5.92 Å². The van der Waals surface area contributed by atoms with Crippen LogP contribution >= 0.6 is 11.3 Å². The smallest absolute Gasteiger partial charge is 0.262 e. The number of nitrogen functional groups attached to an aromatic ring is 1. The molecular formula is C11H17N5O3S2. The summed E-state index contributed by atoms with van der Waals surface area (Å²) in [6.07, 6.45) is 3.05. The molecule has 0 saturated carbocycles. The van der Waals surface area contributed by atoms with Gasteiger partial charge in [-0.05, 0) is 18.8 Å². The Kier molecular flexibility index (Phi) is 3.88. The number of nitrogens with one attached hydrogen (secondary N) is 1. The maximum absolute atomic E-state index is 12.8. The Morgan fingerprint density at radius 3 is 3.10 bits per heavy atom. The molecule has 1 fully saturated rings. The summed E-state index contributed by atoms with van der Waals surface area (Å²) in [6, 6.07) is 0. The van der Waals surface area contributed by atoms with Gasteiger partial charge in [0.25, 0.3) is 10.0 Å². The molecule has 1 aliphatic heterocycles. The summed E-state index contributed by atoms with van der Waals surface area (Å²) in [6.45, 7) is 0.953. The Bertz CT molecular complexity index is 738. The molecule has 0 amide bonds. The van der Waals surface area contributed by atoms with Crippen molar-refractivity contribution in [1.82, 2.24) is 13.7 Å². The molecule has 8 nitrogen and oxygen atoms in total. The number of aromatic nitrogens is 2. The van der Waals surface area contributed by atoms with Crippen LogP contribution in [0.25, 0.3) is 4.96 Å². The summed E-state index contributed by atoms with van der Waals surface area (Å²) in [5.41, 5.74) is 2.37. The Morgan fingerprint density at radius 2 is 2.38 bits per heavy atom. The predicted octanol–water partition coefficient (Wildman–Crippen LogP) is 0.0744. The molecule has 2 aromatic rings. The van der Waals surface area contributed by atoms with Crippen LogP contribution in [0.4, 0.5) is 5.82 Å². The Morgan fingerprint density at radius 1 is 1.57 bits per heavy atom. The van der Waals surface area contributed by atoms with E-state index in [0.717, 1.165) is 6.42 Å². The number of aliphatic hydroxyl groups excluding tert-OH is 1. The molecule has 0 spiro atoms. The molecule has 0 aliphatic carbocycles.